The van der Waals surface area contributed by atoms with Gasteiger partial charge >= 0.3 is 0 Å². The molecule has 0 amide bonds. The fourth-order valence-corrected chi connectivity index (χ4v) is 5.55. The molecule has 2 aliphatic heterocycles. The lowest BCUT2D eigenvalue weighted by Gasteiger charge is -2.31. The average Bonchev–Trinajstić information content (AvgIpc) is 3.54. The maximum absolute atomic E-state index is 14.6. The first kappa shape index (κ1) is 23.7. The molecule has 10 heteroatoms. The van der Waals surface area contributed by atoms with Crippen molar-refractivity contribution in [3.63, 3.8) is 0 Å². The van der Waals surface area contributed by atoms with Crippen molar-refractivity contribution < 1.29 is 17.3 Å². The Morgan fingerprint density at radius 1 is 1.06 bits per heavy atom. The number of hydrogen-bond acceptors (Lipinski definition) is 8. The normalized spacial score (nSPS) is 19.5. The van der Waals surface area contributed by atoms with Crippen LogP contribution in [-0.4, -0.2) is 56.0 Å². The van der Waals surface area contributed by atoms with Crippen molar-refractivity contribution in [2.45, 2.75) is 49.3 Å². The second kappa shape index (κ2) is 9.56. The third kappa shape index (κ3) is 5.03. The summed E-state index contributed by atoms with van der Waals surface area (Å²) in [6.45, 7) is 5.11. The van der Waals surface area contributed by atoms with Crippen molar-refractivity contribution >= 4 is 21.3 Å². The van der Waals surface area contributed by atoms with Gasteiger partial charge in [-0.2, -0.15) is 4.98 Å². The van der Waals surface area contributed by atoms with Gasteiger partial charge in [0, 0.05) is 44.5 Å². The zero-order valence-corrected chi connectivity index (χ0v) is 20.8. The molecular formula is C25H30FN5O3S. The van der Waals surface area contributed by atoms with E-state index in [-0.39, 0.29) is 16.7 Å². The molecular weight excluding hydrogens is 469 g/mol. The van der Waals surface area contributed by atoms with Gasteiger partial charge in [-0.25, -0.2) is 17.8 Å². The fourth-order valence-electron chi connectivity index (χ4n) is 4.91. The topological polar surface area (TPSA) is 92.4 Å². The molecule has 1 atom stereocenters. The Morgan fingerprint density at radius 2 is 1.80 bits per heavy atom. The van der Waals surface area contributed by atoms with Crippen LogP contribution in [0, 0.1) is 5.82 Å². The van der Waals surface area contributed by atoms with Crippen LogP contribution in [0.15, 0.2) is 45.9 Å². The van der Waals surface area contributed by atoms with Crippen LogP contribution in [0.5, 0.6) is 0 Å². The molecule has 3 aromatic rings. The molecule has 0 radical (unpaired) electrons. The maximum Gasteiger partial charge on any atom is 0.231 e. The molecule has 8 nitrogen and oxygen atoms in total. The minimum Gasteiger partial charge on any atom is -0.368 e. The van der Waals surface area contributed by atoms with E-state index in [0.29, 0.717) is 24.7 Å². The van der Waals surface area contributed by atoms with E-state index in [1.165, 1.54) is 17.7 Å². The van der Waals surface area contributed by atoms with E-state index >= 15 is 0 Å². The van der Waals surface area contributed by atoms with Gasteiger partial charge in [-0.3, -0.25) is 0 Å². The summed E-state index contributed by atoms with van der Waals surface area (Å²) in [5, 5.41) is 4.28. The number of rotatable bonds is 6. The van der Waals surface area contributed by atoms with Gasteiger partial charge in [-0.15, -0.1) is 0 Å². The summed E-state index contributed by atoms with van der Waals surface area (Å²) in [7, 11) is -3.45. The summed E-state index contributed by atoms with van der Waals surface area (Å²) in [6.07, 6.45) is 6.65. The van der Waals surface area contributed by atoms with Crippen molar-refractivity contribution in [3.05, 3.63) is 59.6 Å². The molecule has 1 aromatic carbocycles. The van der Waals surface area contributed by atoms with Crippen LogP contribution >= 0.6 is 0 Å². The Hall–Kier alpha value is -3.01. The Kier molecular flexibility index (Phi) is 6.48. The van der Waals surface area contributed by atoms with Gasteiger partial charge in [0.1, 0.15) is 11.6 Å². The molecule has 5 rings (SSSR count). The maximum atomic E-state index is 14.6. The molecule has 2 saturated heterocycles. The first-order valence-corrected chi connectivity index (χ1v) is 14.0. The molecule has 0 unspecified atom stereocenters. The van der Waals surface area contributed by atoms with E-state index in [9.17, 15) is 12.8 Å². The zero-order valence-electron chi connectivity index (χ0n) is 20.0. The van der Waals surface area contributed by atoms with Crippen molar-refractivity contribution in [2.75, 3.05) is 42.2 Å². The van der Waals surface area contributed by atoms with Crippen LogP contribution < -0.4 is 9.80 Å². The first-order chi connectivity index (χ1) is 16.8. The monoisotopic (exact) mass is 499 g/mol. The Labute approximate surface area is 205 Å². The van der Waals surface area contributed by atoms with Crippen molar-refractivity contribution in [2.24, 2.45) is 0 Å². The highest BCUT2D eigenvalue weighted by Gasteiger charge is 2.32. The Morgan fingerprint density at radius 3 is 2.46 bits per heavy atom. The van der Waals surface area contributed by atoms with Crippen LogP contribution in [0.3, 0.4) is 0 Å². The van der Waals surface area contributed by atoms with E-state index in [1.807, 2.05) is 11.1 Å². The molecule has 4 heterocycles. The zero-order chi connectivity index (χ0) is 24.6. The van der Waals surface area contributed by atoms with Gasteiger partial charge in [0.05, 0.1) is 16.5 Å². The second-order valence-electron chi connectivity index (χ2n) is 9.45. The Balaban J connectivity index is 1.20. The van der Waals surface area contributed by atoms with Crippen molar-refractivity contribution in [3.8, 4) is 0 Å². The van der Waals surface area contributed by atoms with Crippen LogP contribution in [0.25, 0.3) is 0 Å². The summed E-state index contributed by atoms with van der Waals surface area (Å²) in [4.78, 5) is 13.5. The summed E-state index contributed by atoms with van der Waals surface area (Å²) >= 11 is 0. The minimum atomic E-state index is -3.45. The van der Waals surface area contributed by atoms with E-state index in [1.54, 1.807) is 0 Å². The third-order valence-corrected chi connectivity index (χ3v) is 8.19. The van der Waals surface area contributed by atoms with Crippen LogP contribution in [-0.2, 0) is 16.3 Å². The van der Waals surface area contributed by atoms with E-state index in [0.717, 1.165) is 62.7 Å². The molecule has 186 valence electrons. The quantitative estimate of drug-likeness (QED) is 0.504. The number of anilines is 2. The summed E-state index contributed by atoms with van der Waals surface area (Å²) < 4.78 is 43.6. The van der Waals surface area contributed by atoms with Gasteiger partial charge in [0.15, 0.2) is 15.7 Å². The average molecular weight is 500 g/mol. The fraction of sp³-hybridized carbons (Fsp3) is 0.480. The molecule has 2 aromatic heterocycles. The summed E-state index contributed by atoms with van der Waals surface area (Å²) in [6, 6.07) is 8.30. The smallest absolute Gasteiger partial charge is 0.231 e. The highest BCUT2D eigenvalue weighted by molar-refractivity contribution is 7.90. The lowest BCUT2D eigenvalue weighted by atomic mass is 9.96. The number of nitrogens with zero attached hydrogens (tertiary/aromatic N) is 5. The van der Waals surface area contributed by atoms with E-state index < -0.39 is 15.7 Å². The molecule has 0 saturated carbocycles. The number of halogens is 1. The number of aromatic nitrogens is 3. The molecule has 0 spiro atoms. The van der Waals surface area contributed by atoms with E-state index in [2.05, 4.69) is 34.1 Å². The molecule has 0 N–H and O–H groups in total. The van der Waals surface area contributed by atoms with Gasteiger partial charge in [0.25, 0.3) is 0 Å². The number of sulfone groups is 1. The van der Waals surface area contributed by atoms with Gasteiger partial charge < -0.3 is 14.3 Å². The van der Waals surface area contributed by atoms with Crippen molar-refractivity contribution in [1.82, 2.24) is 15.1 Å². The molecule has 2 aliphatic rings. The third-order valence-electron chi connectivity index (χ3n) is 7.08. The number of hydrogen-bond donors (Lipinski definition) is 0. The number of aryl methyl sites for hydroxylation is 1. The molecule has 2 fully saturated rings. The number of benzene rings is 1. The standard InChI is InChI=1S/C25H30FN5O3S/c1-3-17-4-7-23(27-15-17)30-11-8-18(9-12-30)24-28-25(34-29-24)19-10-13-31(16-19)22-6-5-20(14-21(22)26)35(2,32)33/h4-7,14-15,18-19H,3,8-13,16H2,1-2H3/t19-/m0/s1. The number of piperidine rings is 1. The van der Waals surface area contributed by atoms with Crippen LogP contribution in [0.1, 0.15) is 55.3 Å². The predicted molar refractivity (Wildman–Crippen MR) is 131 cm³/mol. The summed E-state index contributed by atoms with van der Waals surface area (Å²) in [5.74, 6) is 2.08. The lowest BCUT2D eigenvalue weighted by molar-refractivity contribution is 0.348. The second-order valence-corrected chi connectivity index (χ2v) is 11.5. The van der Waals surface area contributed by atoms with Gasteiger partial charge in [-0.1, -0.05) is 18.1 Å². The van der Waals surface area contributed by atoms with Crippen molar-refractivity contribution in [1.29, 1.82) is 0 Å². The highest BCUT2D eigenvalue weighted by atomic mass is 32.2. The predicted octanol–water partition coefficient (Wildman–Crippen LogP) is 3.95. The molecule has 0 bridgehead atoms. The van der Waals surface area contributed by atoms with Crippen LogP contribution in [0.4, 0.5) is 15.9 Å². The highest BCUT2D eigenvalue weighted by Crippen LogP contribution is 2.34. The molecule has 35 heavy (non-hydrogen) atoms. The summed E-state index contributed by atoms with van der Waals surface area (Å²) in [5.41, 5.74) is 1.63. The van der Waals surface area contributed by atoms with Gasteiger partial charge in [0.2, 0.25) is 5.89 Å². The van der Waals surface area contributed by atoms with Crippen LogP contribution in [0.2, 0.25) is 0 Å². The lowest BCUT2D eigenvalue weighted by Crippen LogP contribution is -2.33. The largest absolute Gasteiger partial charge is 0.368 e. The Bertz CT molecular complexity index is 1290. The number of pyridine rings is 1. The van der Waals surface area contributed by atoms with Gasteiger partial charge in [-0.05, 0) is 55.5 Å². The van der Waals surface area contributed by atoms with E-state index in [4.69, 9.17) is 9.51 Å². The molecule has 0 aliphatic carbocycles. The first-order valence-electron chi connectivity index (χ1n) is 12.1. The minimum absolute atomic E-state index is 0.0177. The SMILES string of the molecule is CCc1ccc(N2CCC(c3noc([C@H]4CCN(c5ccc(S(C)(=O)=O)cc5F)C4)n3)CC2)nc1.